The maximum Gasteiger partial charge on any atom is 0.309 e. The maximum absolute atomic E-state index is 12.2. The first kappa shape index (κ1) is 18.4. The van der Waals surface area contributed by atoms with E-state index in [2.05, 4.69) is 11.4 Å². The highest BCUT2D eigenvalue weighted by molar-refractivity contribution is 5.83. The number of rotatable bonds is 5. The number of nitriles is 1. The maximum atomic E-state index is 12.2. The minimum Gasteiger partial charge on any atom is -0.466 e. The van der Waals surface area contributed by atoms with Crippen molar-refractivity contribution in [1.82, 2.24) is 5.32 Å². The first-order valence-electron chi connectivity index (χ1n) is 7.72. The van der Waals surface area contributed by atoms with Gasteiger partial charge in [0.2, 0.25) is 0 Å². The molecule has 1 rings (SSSR count). The van der Waals surface area contributed by atoms with Crippen molar-refractivity contribution < 1.29 is 19.1 Å². The van der Waals surface area contributed by atoms with Gasteiger partial charge in [0, 0.05) is 5.54 Å². The van der Waals surface area contributed by atoms with Crippen LogP contribution in [-0.2, 0) is 19.1 Å². The molecular weight excluding hydrogens is 284 g/mol. The fraction of sp³-hybridized carbons (Fsp3) is 0.812. The van der Waals surface area contributed by atoms with E-state index >= 15 is 0 Å². The van der Waals surface area contributed by atoms with Crippen molar-refractivity contribution in [2.45, 2.75) is 58.5 Å². The highest BCUT2D eigenvalue weighted by Crippen LogP contribution is 2.41. The van der Waals surface area contributed by atoms with E-state index in [4.69, 9.17) is 9.47 Å². The number of hydrogen-bond donors (Lipinski definition) is 1. The molecule has 0 aliphatic heterocycles. The van der Waals surface area contributed by atoms with Crippen molar-refractivity contribution >= 4 is 11.9 Å². The van der Waals surface area contributed by atoms with E-state index in [1.807, 2.05) is 20.8 Å². The molecule has 2 atom stereocenters. The second-order valence-electron chi connectivity index (χ2n) is 6.69. The lowest BCUT2D eigenvalue weighted by Crippen LogP contribution is -2.52. The van der Waals surface area contributed by atoms with Gasteiger partial charge in [0.05, 0.1) is 31.1 Å². The van der Waals surface area contributed by atoms with Crippen LogP contribution in [0.25, 0.3) is 0 Å². The molecule has 2 unspecified atom stereocenters. The van der Waals surface area contributed by atoms with Gasteiger partial charge in [-0.1, -0.05) is 0 Å². The Morgan fingerprint density at radius 1 is 1.14 bits per heavy atom. The van der Waals surface area contributed by atoms with Crippen molar-refractivity contribution in [1.29, 1.82) is 5.26 Å². The molecule has 1 saturated carbocycles. The number of ether oxygens (including phenoxy) is 2. The lowest BCUT2D eigenvalue weighted by Gasteiger charge is -2.32. The van der Waals surface area contributed by atoms with Crippen LogP contribution in [-0.4, -0.2) is 36.2 Å². The predicted molar refractivity (Wildman–Crippen MR) is 80.7 cm³/mol. The summed E-state index contributed by atoms with van der Waals surface area (Å²) >= 11 is 0. The number of carbonyl (C=O) groups is 2. The van der Waals surface area contributed by atoms with Crippen molar-refractivity contribution in [2.75, 3.05) is 13.2 Å². The van der Waals surface area contributed by atoms with Crippen LogP contribution < -0.4 is 5.32 Å². The first-order valence-corrected chi connectivity index (χ1v) is 7.72. The zero-order chi connectivity index (χ0) is 17.0. The minimum atomic E-state index is -0.924. The van der Waals surface area contributed by atoms with E-state index in [0.29, 0.717) is 0 Å². The number of nitrogens with zero attached hydrogens (tertiary/aromatic N) is 1. The van der Waals surface area contributed by atoms with E-state index in [9.17, 15) is 14.9 Å². The van der Waals surface area contributed by atoms with Crippen molar-refractivity contribution in [3.05, 3.63) is 0 Å². The van der Waals surface area contributed by atoms with Crippen LogP contribution in [0.3, 0.4) is 0 Å². The Bertz CT molecular complexity index is 436. The largest absolute Gasteiger partial charge is 0.466 e. The zero-order valence-electron chi connectivity index (χ0n) is 14.1. The monoisotopic (exact) mass is 310 g/mol. The van der Waals surface area contributed by atoms with Crippen molar-refractivity contribution in [3.63, 3.8) is 0 Å². The molecule has 22 heavy (non-hydrogen) atoms. The summed E-state index contributed by atoms with van der Waals surface area (Å²) in [7, 11) is 0. The average Bonchev–Trinajstić information content (AvgIpc) is 2.78. The van der Waals surface area contributed by atoms with Gasteiger partial charge in [-0.3, -0.25) is 14.9 Å². The molecule has 0 saturated heterocycles. The highest BCUT2D eigenvalue weighted by Gasteiger charge is 2.53. The summed E-state index contributed by atoms with van der Waals surface area (Å²) in [5.74, 6) is -2.16. The highest BCUT2D eigenvalue weighted by atomic mass is 16.5. The van der Waals surface area contributed by atoms with E-state index in [1.54, 1.807) is 13.8 Å². The molecule has 0 amide bonds. The SMILES string of the molecule is CCOC(=O)C1CC(C#N)(NC(C)(C)C)CC1C(=O)OCC. The average molecular weight is 310 g/mol. The van der Waals surface area contributed by atoms with Crippen LogP contribution in [0, 0.1) is 23.2 Å². The Balaban J connectivity index is 3.05. The molecule has 0 aromatic carbocycles. The van der Waals surface area contributed by atoms with Gasteiger partial charge >= 0.3 is 11.9 Å². The quantitative estimate of drug-likeness (QED) is 0.779. The van der Waals surface area contributed by atoms with Crippen LogP contribution in [0.2, 0.25) is 0 Å². The van der Waals surface area contributed by atoms with Gasteiger partial charge in [0.15, 0.2) is 0 Å². The lowest BCUT2D eigenvalue weighted by molar-refractivity contribution is -0.158. The summed E-state index contributed by atoms with van der Waals surface area (Å²) in [6.07, 6.45) is 0.506. The van der Waals surface area contributed by atoms with Gasteiger partial charge in [-0.25, -0.2) is 0 Å². The second-order valence-corrected chi connectivity index (χ2v) is 6.69. The summed E-state index contributed by atoms with van der Waals surface area (Å²) in [6, 6.07) is 2.26. The molecule has 6 nitrogen and oxygen atoms in total. The van der Waals surface area contributed by atoms with Crippen molar-refractivity contribution in [2.24, 2.45) is 11.8 Å². The summed E-state index contributed by atoms with van der Waals surface area (Å²) in [6.45, 7) is 9.78. The first-order chi connectivity index (χ1) is 10.2. The third-order valence-corrected chi connectivity index (χ3v) is 3.63. The molecule has 0 bridgehead atoms. The van der Waals surface area contributed by atoms with E-state index < -0.39 is 29.3 Å². The molecular formula is C16H26N2O4. The Morgan fingerprint density at radius 2 is 1.55 bits per heavy atom. The molecule has 0 aromatic rings. The fourth-order valence-corrected chi connectivity index (χ4v) is 3.05. The molecule has 0 spiro atoms. The Kier molecular flexibility index (Phi) is 5.95. The smallest absolute Gasteiger partial charge is 0.309 e. The topological polar surface area (TPSA) is 88.4 Å². The van der Waals surface area contributed by atoms with Gasteiger partial charge in [-0.15, -0.1) is 0 Å². The molecule has 1 aliphatic carbocycles. The summed E-state index contributed by atoms with van der Waals surface area (Å²) in [4.78, 5) is 24.3. The molecule has 0 heterocycles. The summed E-state index contributed by atoms with van der Waals surface area (Å²) in [5.41, 5.74) is -1.23. The van der Waals surface area contributed by atoms with Crippen molar-refractivity contribution in [3.8, 4) is 6.07 Å². The molecule has 124 valence electrons. The third-order valence-electron chi connectivity index (χ3n) is 3.63. The van der Waals surface area contributed by atoms with Crippen LogP contribution in [0.1, 0.15) is 47.5 Å². The normalized spacial score (nSPS) is 28.0. The number of hydrogen-bond acceptors (Lipinski definition) is 6. The lowest BCUT2D eigenvalue weighted by atomic mass is 9.93. The zero-order valence-corrected chi connectivity index (χ0v) is 14.1. The third kappa shape index (κ3) is 4.44. The van der Waals surface area contributed by atoms with E-state index in [0.717, 1.165) is 0 Å². The van der Waals surface area contributed by atoms with Gasteiger partial charge in [-0.05, 0) is 47.5 Å². The number of esters is 2. The Labute approximate surface area is 132 Å². The number of nitrogens with one attached hydrogen (secondary N) is 1. The second kappa shape index (κ2) is 7.10. The standard InChI is InChI=1S/C16H26N2O4/c1-6-21-13(19)11-8-16(10-17,18-15(3,4)5)9-12(11)14(20)22-7-2/h11-12,18H,6-9H2,1-5H3. The summed E-state index contributed by atoms with van der Waals surface area (Å²) < 4.78 is 10.1. The molecule has 6 heteroatoms. The van der Waals surface area contributed by atoms with Crippen LogP contribution in [0.4, 0.5) is 0 Å². The van der Waals surface area contributed by atoms with Crippen LogP contribution in [0.15, 0.2) is 0 Å². The van der Waals surface area contributed by atoms with E-state index in [1.165, 1.54) is 0 Å². The fourth-order valence-electron chi connectivity index (χ4n) is 3.05. The van der Waals surface area contributed by atoms with E-state index in [-0.39, 0.29) is 31.6 Å². The molecule has 1 aliphatic rings. The molecule has 0 aromatic heterocycles. The molecule has 1 fully saturated rings. The van der Waals surface area contributed by atoms with Gasteiger partial charge in [0.1, 0.15) is 5.54 Å². The molecule has 0 radical (unpaired) electrons. The summed E-state index contributed by atoms with van der Waals surface area (Å²) in [5, 5.41) is 12.9. The van der Waals surface area contributed by atoms with Crippen LogP contribution in [0.5, 0.6) is 0 Å². The minimum absolute atomic E-state index is 0.247. The molecule has 1 N–H and O–H groups in total. The Hall–Kier alpha value is -1.61. The van der Waals surface area contributed by atoms with Gasteiger partial charge < -0.3 is 9.47 Å². The van der Waals surface area contributed by atoms with Gasteiger partial charge in [-0.2, -0.15) is 5.26 Å². The van der Waals surface area contributed by atoms with Crippen LogP contribution >= 0.6 is 0 Å². The van der Waals surface area contributed by atoms with Gasteiger partial charge in [0.25, 0.3) is 0 Å². The predicted octanol–water partition coefficient (Wildman–Crippen LogP) is 1.79. The number of carbonyl (C=O) groups excluding carboxylic acids is 2. The Morgan fingerprint density at radius 3 is 1.82 bits per heavy atom.